The zero-order chi connectivity index (χ0) is 18.7. The molecule has 0 amide bonds. The van der Waals surface area contributed by atoms with Crippen molar-refractivity contribution in [3.05, 3.63) is 41.5 Å². The van der Waals surface area contributed by atoms with E-state index in [2.05, 4.69) is 32.4 Å². The summed E-state index contributed by atoms with van der Waals surface area (Å²) >= 11 is 0. The smallest absolute Gasteiger partial charge is 0.256 e. The van der Waals surface area contributed by atoms with Crippen LogP contribution in [0.5, 0.6) is 5.88 Å². The Morgan fingerprint density at radius 1 is 1.11 bits per heavy atom. The predicted molar refractivity (Wildman–Crippen MR) is 97.6 cm³/mol. The van der Waals surface area contributed by atoms with Gasteiger partial charge >= 0.3 is 0 Å². The van der Waals surface area contributed by atoms with Crippen molar-refractivity contribution in [2.45, 2.75) is 25.2 Å². The molecule has 5 rings (SSSR count). The molecule has 0 N–H and O–H groups in total. The van der Waals surface area contributed by atoms with Crippen molar-refractivity contribution < 1.29 is 4.74 Å². The third-order valence-corrected chi connectivity index (χ3v) is 5.13. The molecule has 1 aliphatic carbocycles. The van der Waals surface area contributed by atoms with Crippen molar-refractivity contribution in [1.29, 1.82) is 0 Å². The van der Waals surface area contributed by atoms with Gasteiger partial charge in [-0.2, -0.15) is 20.2 Å². The maximum Gasteiger partial charge on any atom is 0.256 e. The van der Waals surface area contributed by atoms with Crippen LogP contribution in [0, 0.1) is 6.92 Å². The molecule has 27 heavy (non-hydrogen) atoms. The second-order valence-electron chi connectivity index (χ2n) is 7.06. The molecule has 9 nitrogen and oxygen atoms in total. The van der Waals surface area contributed by atoms with E-state index >= 15 is 0 Å². The summed E-state index contributed by atoms with van der Waals surface area (Å²) in [5.41, 5.74) is 4.14. The SMILES string of the molecule is COc1cc(C)n2nc(-c3cc([C@H]4C[C@@H]4c4cnn(C)c4)nn3C)nc2n1. The third-order valence-electron chi connectivity index (χ3n) is 5.13. The fourth-order valence-corrected chi connectivity index (χ4v) is 3.60. The van der Waals surface area contributed by atoms with Crippen molar-refractivity contribution in [3.63, 3.8) is 0 Å². The molecule has 1 saturated carbocycles. The van der Waals surface area contributed by atoms with Crippen LogP contribution in [0.1, 0.15) is 35.2 Å². The summed E-state index contributed by atoms with van der Waals surface area (Å²) in [7, 11) is 5.46. The van der Waals surface area contributed by atoms with Crippen molar-refractivity contribution in [2.24, 2.45) is 14.1 Å². The van der Waals surface area contributed by atoms with E-state index < -0.39 is 0 Å². The summed E-state index contributed by atoms with van der Waals surface area (Å²) in [4.78, 5) is 8.94. The van der Waals surface area contributed by atoms with Crippen molar-refractivity contribution in [2.75, 3.05) is 7.11 Å². The fourth-order valence-electron chi connectivity index (χ4n) is 3.60. The number of ether oxygens (including phenoxy) is 1. The van der Waals surface area contributed by atoms with Gasteiger partial charge in [0.2, 0.25) is 11.7 Å². The molecule has 0 spiro atoms. The molecule has 4 aromatic rings. The van der Waals surface area contributed by atoms with Crippen molar-refractivity contribution in [3.8, 4) is 17.4 Å². The van der Waals surface area contributed by atoms with Crippen LogP contribution in [-0.2, 0) is 14.1 Å². The summed E-state index contributed by atoms with van der Waals surface area (Å²) in [6, 6.07) is 3.92. The van der Waals surface area contributed by atoms with E-state index in [9.17, 15) is 0 Å². The molecule has 1 aliphatic rings. The average Bonchev–Trinajstić information content (AvgIpc) is 2.96. The minimum atomic E-state index is 0.422. The van der Waals surface area contributed by atoms with Gasteiger partial charge in [-0.15, -0.1) is 5.10 Å². The number of rotatable bonds is 4. The number of hydrogen-bond acceptors (Lipinski definition) is 6. The lowest BCUT2D eigenvalue weighted by Gasteiger charge is -2.00. The monoisotopic (exact) mass is 364 g/mol. The van der Waals surface area contributed by atoms with E-state index in [0.717, 1.165) is 23.5 Å². The number of fused-ring (bicyclic) bond motifs is 1. The molecule has 4 heterocycles. The van der Waals surface area contributed by atoms with Gasteiger partial charge in [0.25, 0.3) is 5.78 Å². The number of aromatic nitrogens is 8. The number of methoxy groups -OCH3 is 1. The molecule has 2 atom stereocenters. The fraction of sp³-hybridized carbons (Fsp3) is 0.389. The first-order chi connectivity index (χ1) is 13.0. The molecule has 0 unspecified atom stereocenters. The van der Waals surface area contributed by atoms with Crippen molar-refractivity contribution >= 4 is 5.78 Å². The summed E-state index contributed by atoms with van der Waals surface area (Å²) in [6.07, 6.45) is 5.12. The van der Waals surface area contributed by atoms with Crippen LogP contribution in [0.3, 0.4) is 0 Å². The quantitative estimate of drug-likeness (QED) is 0.549. The standard InChI is InChI=1S/C18H20N8O/c1-10-5-16(27-4)20-18-21-17(23-26(10)18)15-7-14(22-25(15)3)13-6-12(13)11-8-19-24(2)9-11/h5,7-9,12-13H,6H2,1-4H3/t12-,13+/m1/s1. The first kappa shape index (κ1) is 16.0. The maximum atomic E-state index is 5.22. The zero-order valence-corrected chi connectivity index (χ0v) is 15.7. The van der Waals surface area contributed by atoms with Gasteiger partial charge in [-0.05, 0) is 30.9 Å². The lowest BCUT2D eigenvalue weighted by Crippen LogP contribution is -1.98. The van der Waals surface area contributed by atoms with Gasteiger partial charge in [-0.3, -0.25) is 9.36 Å². The van der Waals surface area contributed by atoms with Crippen LogP contribution in [0.4, 0.5) is 0 Å². The van der Waals surface area contributed by atoms with Gasteiger partial charge in [0, 0.05) is 38.0 Å². The minimum Gasteiger partial charge on any atom is -0.481 e. The minimum absolute atomic E-state index is 0.422. The van der Waals surface area contributed by atoms with Gasteiger partial charge in [0.15, 0.2) is 0 Å². The normalized spacial score (nSPS) is 19.0. The molecule has 9 heteroatoms. The second kappa shape index (κ2) is 5.63. The third kappa shape index (κ3) is 2.57. The van der Waals surface area contributed by atoms with E-state index in [1.54, 1.807) is 11.6 Å². The highest BCUT2D eigenvalue weighted by Gasteiger charge is 2.42. The Morgan fingerprint density at radius 3 is 2.70 bits per heavy atom. The Kier molecular flexibility index (Phi) is 3.33. The molecule has 138 valence electrons. The Morgan fingerprint density at radius 2 is 1.96 bits per heavy atom. The van der Waals surface area contributed by atoms with E-state index in [4.69, 9.17) is 9.84 Å². The van der Waals surface area contributed by atoms with Gasteiger partial charge in [0.1, 0.15) is 5.69 Å². The Labute approximate surface area is 155 Å². The van der Waals surface area contributed by atoms with Gasteiger partial charge in [0.05, 0.1) is 19.0 Å². The lowest BCUT2D eigenvalue weighted by molar-refractivity contribution is 0.397. The van der Waals surface area contributed by atoms with E-state index in [0.29, 0.717) is 29.3 Å². The van der Waals surface area contributed by atoms with Gasteiger partial charge in [-0.25, -0.2) is 4.52 Å². The topological polar surface area (TPSA) is 88.0 Å². The lowest BCUT2D eigenvalue weighted by atomic mass is 10.1. The van der Waals surface area contributed by atoms with E-state index in [-0.39, 0.29) is 0 Å². The van der Waals surface area contributed by atoms with Crippen LogP contribution < -0.4 is 4.74 Å². The highest BCUT2D eigenvalue weighted by molar-refractivity contribution is 5.54. The second-order valence-corrected chi connectivity index (χ2v) is 7.06. The molecule has 0 bridgehead atoms. The maximum absolute atomic E-state index is 5.22. The van der Waals surface area contributed by atoms with E-state index in [1.807, 2.05) is 42.6 Å². The number of nitrogens with zero attached hydrogens (tertiary/aromatic N) is 8. The molecule has 1 fully saturated rings. The summed E-state index contributed by atoms with van der Waals surface area (Å²) in [5.74, 6) is 2.57. The van der Waals surface area contributed by atoms with Gasteiger partial charge in [-0.1, -0.05) is 0 Å². The Hall–Kier alpha value is -3.23. The largest absolute Gasteiger partial charge is 0.481 e. The summed E-state index contributed by atoms with van der Waals surface area (Å²) in [5, 5.41) is 13.6. The number of aryl methyl sites for hydroxylation is 3. The zero-order valence-electron chi connectivity index (χ0n) is 15.7. The molecule has 0 radical (unpaired) electrons. The van der Waals surface area contributed by atoms with Gasteiger partial charge < -0.3 is 4.74 Å². The van der Waals surface area contributed by atoms with Crippen LogP contribution in [0.25, 0.3) is 17.3 Å². The molecule has 4 aromatic heterocycles. The molecule has 0 aromatic carbocycles. The summed E-state index contributed by atoms with van der Waals surface area (Å²) < 4.78 is 10.6. The van der Waals surface area contributed by atoms with Crippen molar-refractivity contribution in [1.82, 2.24) is 39.1 Å². The molecular weight excluding hydrogens is 344 g/mol. The highest BCUT2D eigenvalue weighted by atomic mass is 16.5. The highest BCUT2D eigenvalue weighted by Crippen LogP contribution is 2.54. The summed E-state index contributed by atoms with van der Waals surface area (Å²) in [6.45, 7) is 1.95. The predicted octanol–water partition coefficient (Wildman–Crippen LogP) is 1.85. The number of hydrogen-bond donors (Lipinski definition) is 0. The van der Waals surface area contributed by atoms with Crippen LogP contribution in [0.2, 0.25) is 0 Å². The Balaban J connectivity index is 1.48. The first-order valence-electron chi connectivity index (χ1n) is 8.84. The van der Waals surface area contributed by atoms with Crippen LogP contribution in [0.15, 0.2) is 24.5 Å². The molecule has 0 saturated heterocycles. The molecule has 0 aliphatic heterocycles. The van der Waals surface area contributed by atoms with Crippen LogP contribution in [-0.4, -0.2) is 46.3 Å². The average molecular weight is 364 g/mol. The molecular formula is C18H20N8O. The van der Waals surface area contributed by atoms with E-state index in [1.165, 1.54) is 5.56 Å². The Bertz CT molecular complexity index is 1150. The van der Waals surface area contributed by atoms with Crippen LogP contribution >= 0.6 is 0 Å². The first-order valence-corrected chi connectivity index (χ1v) is 8.84.